The zero-order chi connectivity index (χ0) is 10.0. The van der Waals surface area contributed by atoms with Crippen molar-refractivity contribution in [1.82, 2.24) is 0 Å². The molecule has 5 heteroatoms. The molecule has 13 heavy (non-hydrogen) atoms. The molecule has 0 amide bonds. The normalized spacial score (nSPS) is 10.2. The molecule has 0 saturated heterocycles. The van der Waals surface area contributed by atoms with E-state index in [0.29, 0.717) is 6.07 Å². The van der Waals surface area contributed by atoms with Crippen molar-refractivity contribution >= 4 is 0 Å². The molecular weight excluding hydrogens is 185 g/mol. The number of hydrogen-bond acceptors (Lipinski definition) is 2. The number of methoxy groups -OCH3 is 1. The molecule has 0 saturated carbocycles. The van der Waals surface area contributed by atoms with Gasteiger partial charge < -0.3 is 9.84 Å². The Balaban J connectivity index is 3.41. The molecule has 0 atom stereocenters. The first-order chi connectivity index (χ1) is 6.11. The van der Waals surface area contributed by atoms with Crippen LogP contribution in [0.2, 0.25) is 0 Å². The standard InChI is InChI=1S/C8H7F3O2/c1-13-8-4(3-12)7(11)5(9)2-6(8)10/h2,12H,3H2,1H3. The Kier molecular flexibility index (Phi) is 2.77. The summed E-state index contributed by atoms with van der Waals surface area (Å²) in [7, 11) is 1.11. The maximum atomic E-state index is 12.8. The van der Waals surface area contributed by atoms with Crippen molar-refractivity contribution in [3.05, 3.63) is 29.1 Å². The lowest BCUT2D eigenvalue weighted by Crippen LogP contribution is -2.01. The van der Waals surface area contributed by atoms with E-state index < -0.39 is 35.4 Å². The molecule has 0 bridgehead atoms. The number of halogens is 3. The maximum Gasteiger partial charge on any atom is 0.168 e. The van der Waals surface area contributed by atoms with Gasteiger partial charge in [0.2, 0.25) is 0 Å². The quantitative estimate of drug-likeness (QED) is 0.721. The van der Waals surface area contributed by atoms with Gasteiger partial charge in [-0.15, -0.1) is 0 Å². The Bertz CT molecular complexity index is 326. The topological polar surface area (TPSA) is 29.5 Å². The molecule has 1 rings (SSSR count). The highest BCUT2D eigenvalue weighted by molar-refractivity contribution is 5.36. The van der Waals surface area contributed by atoms with Crippen LogP contribution in [0.3, 0.4) is 0 Å². The predicted octanol–water partition coefficient (Wildman–Crippen LogP) is 1.60. The van der Waals surface area contributed by atoms with Gasteiger partial charge in [-0.2, -0.15) is 0 Å². The van der Waals surface area contributed by atoms with Gasteiger partial charge in [0.15, 0.2) is 23.2 Å². The highest BCUT2D eigenvalue weighted by Gasteiger charge is 2.18. The number of aliphatic hydroxyl groups is 1. The van der Waals surface area contributed by atoms with Gasteiger partial charge in [-0.25, -0.2) is 13.2 Å². The van der Waals surface area contributed by atoms with E-state index in [0.717, 1.165) is 7.11 Å². The van der Waals surface area contributed by atoms with E-state index in [-0.39, 0.29) is 0 Å². The molecule has 1 aromatic carbocycles. The van der Waals surface area contributed by atoms with Crippen LogP contribution in [-0.2, 0) is 6.61 Å². The molecule has 1 aromatic rings. The number of hydrogen-bond donors (Lipinski definition) is 1. The van der Waals surface area contributed by atoms with Crippen LogP contribution < -0.4 is 4.74 Å². The fourth-order valence-electron chi connectivity index (χ4n) is 0.990. The SMILES string of the molecule is COc1c(F)cc(F)c(F)c1CO. The first kappa shape index (κ1) is 9.85. The van der Waals surface area contributed by atoms with Crippen LogP contribution in [0.15, 0.2) is 6.07 Å². The van der Waals surface area contributed by atoms with Gasteiger partial charge in [0.05, 0.1) is 19.3 Å². The van der Waals surface area contributed by atoms with E-state index in [9.17, 15) is 13.2 Å². The minimum absolute atomic E-state index is 0.368. The van der Waals surface area contributed by atoms with Crippen LogP contribution in [0.25, 0.3) is 0 Å². The first-order valence-corrected chi connectivity index (χ1v) is 3.43. The molecule has 0 aliphatic rings. The first-order valence-electron chi connectivity index (χ1n) is 3.43. The van der Waals surface area contributed by atoms with Crippen LogP contribution in [0.1, 0.15) is 5.56 Å². The van der Waals surface area contributed by atoms with Gasteiger partial charge in [-0.1, -0.05) is 0 Å². The molecule has 1 N–H and O–H groups in total. The number of ether oxygens (including phenoxy) is 1. The van der Waals surface area contributed by atoms with Gasteiger partial charge in [0.25, 0.3) is 0 Å². The molecule has 0 fully saturated rings. The van der Waals surface area contributed by atoms with Crippen LogP contribution in [0, 0.1) is 17.5 Å². The lowest BCUT2D eigenvalue weighted by atomic mass is 10.2. The van der Waals surface area contributed by atoms with Gasteiger partial charge in [0, 0.05) is 6.07 Å². The van der Waals surface area contributed by atoms with E-state index in [4.69, 9.17) is 5.11 Å². The van der Waals surface area contributed by atoms with Crippen LogP contribution >= 0.6 is 0 Å². The molecule has 0 aromatic heterocycles. The van der Waals surface area contributed by atoms with Crippen LogP contribution in [-0.4, -0.2) is 12.2 Å². The van der Waals surface area contributed by atoms with Gasteiger partial charge in [0.1, 0.15) is 0 Å². The molecule has 0 aliphatic heterocycles. The number of benzene rings is 1. The van der Waals surface area contributed by atoms with Crippen molar-refractivity contribution in [1.29, 1.82) is 0 Å². The number of rotatable bonds is 2. The van der Waals surface area contributed by atoms with Gasteiger partial charge in [-0.05, 0) is 0 Å². The zero-order valence-electron chi connectivity index (χ0n) is 6.77. The Morgan fingerprint density at radius 2 is 1.92 bits per heavy atom. The monoisotopic (exact) mass is 192 g/mol. The lowest BCUT2D eigenvalue weighted by Gasteiger charge is -2.08. The lowest BCUT2D eigenvalue weighted by molar-refractivity contribution is 0.260. The second-order valence-corrected chi connectivity index (χ2v) is 2.32. The predicted molar refractivity (Wildman–Crippen MR) is 38.8 cm³/mol. The third-order valence-corrected chi connectivity index (χ3v) is 1.58. The van der Waals surface area contributed by atoms with E-state index >= 15 is 0 Å². The average Bonchev–Trinajstić information content (AvgIpc) is 2.10. The molecule has 0 spiro atoms. The minimum Gasteiger partial charge on any atom is -0.493 e. The summed E-state index contributed by atoms with van der Waals surface area (Å²) >= 11 is 0. The Labute approximate surface area is 72.6 Å². The Morgan fingerprint density at radius 3 is 2.38 bits per heavy atom. The molecule has 0 heterocycles. The van der Waals surface area contributed by atoms with E-state index in [1.807, 2.05) is 0 Å². The minimum atomic E-state index is -1.35. The van der Waals surface area contributed by atoms with E-state index in [2.05, 4.69) is 4.74 Å². The largest absolute Gasteiger partial charge is 0.493 e. The highest BCUT2D eigenvalue weighted by Crippen LogP contribution is 2.27. The Hall–Kier alpha value is -1.23. The molecule has 72 valence electrons. The zero-order valence-corrected chi connectivity index (χ0v) is 6.77. The summed E-state index contributed by atoms with van der Waals surface area (Å²) < 4.78 is 42.7. The smallest absolute Gasteiger partial charge is 0.168 e. The summed E-state index contributed by atoms with van der Waals surface area (Å²) in [5, 5.41) is 8.63. The van der Waals surface area contributed by atoms with Crippen molar-refractivity contribution in [2.24, 2.45) is 0 Å². The van der Waals surface area contributed by atoms with Gasteiger partial charge in [-0.3, -0.25) is 0 Å². The number of aliphatic hydroxyl groups excluding tert-OH is 1. The van der Waals surface area contributed by atoms with E-state index in [1.54, 1.807) is 0 Å². The van der Waals surface area contributed by atoms with Crippen molar-refractivity contribution in [3.63, 3.8) is 0 Å². The summed E-state index contributed by atoms with van der Waals surface area (Å²) in [5.74, 6) is -4.14. The van der Waals surface area contributed by atoms with Crippen molar-refractivity contribution < 1.29 is 23.0 Å². The fourth-order valence-corrected chi connectivity index (χ4v) is 0.990. The highest BCUT2D eigenvalue weighted by atomic mass is 19.2. The second-order valence-electron chi connectivity index (χ2n) is 2.32. The Morgan fingerprint density at radius 1 is 1.31 bits per heavy atom. The summed E-state index contributed by atoms with van der Waals surface area (Å²) in [4.78, 5) is 0. The third kappa shape index (κ3) is 1.60. The van der Waals surface area contributed by atoms with E-state index in [1.165, 1.54) is 0 Å². The van der Waals surface area contributed by atoms with Crippen molar-refractivity contribution in [2.75, 3.05) is 7.11 Å². The summed E-state index contributed by atoms with van der Waals surface area (Å²) in [6.07, 6.45) is 0. The van der Waals surface area contributed by atoms with Crippen molar-refractivity contribution in [2.45, 2.75) is 6.61 Å². The maximum absolute atomic E-state index is 12.8. The molecule has 0 unspecified atom stereocenters. The fraction of sp³-hybridized carbons (Fsp3) is 0.250. The summed E-state index contributed by atoms with van der Waals surface area (Å²) in [5.41, 5.74) is -0.514. The van der Waals surface area contributed by atoms with Crippen molar-refractivity contribution in [3.8, 4) is 5.75 Å². The molecule has 0 radical (unpaired) electrons. The second kappa shape index (κ2) is 3.66. The molecule has 2 nitrogen and oxygen atoms in total. The van der Waals surface area contributed by atoms with Gasteiger partial charge >= 0.3 is 0 Å². The van der Waals surface area contributed by atoms with Crippen LogP contribution in [0.5, 0.6) is 5.75 Å². The summed E-state index contributed by atoms with van der Waals surface area (Å²) in [6, 6.07) is 0.368. The molecule has 0 aliphatic carbocycles. The van der Waals surface area contributed by atoms with Crippen LogP contribution in [0.4, 0.5) is 13.2 Å². The summed E-state index contributed by atoms with van der Waals surface area (Å²) in [6.45, 7) is -0.816. The third-order valence-electron chi connectivity index (χ3n) is 1.58. The molecular formula is C8H7F3O2. The average molecular weight is 192 g/mol.